The van der Waals surface area contributed by atoms with E-state index in [9.17, 15) is 8.42 Å². The predicted molar refractivity (Wildman–Crippen MR) is 123 cm³/mol. The Morgan fingerprint density at radius 2 is 1.67 bits per heavy atom. The molecule has 0 aliphatic carbocycles. The van der Waals surface area contributed by atoms with Gasteiger partial charge in [-0.05, 0) is 41.7 Å². The van der Waals surface area contributed by atoms with Gasteiger partial charge in [0.2, 0.25) is 0 Å². The summed E-state index contributed by atoms with van der Waals surface area (Å²) in [7, 11) is -1.45. The molecule has 0 spiro atoms. The van der Waals surface area contributed by atoms with Crippen molar-refractivity contribution in [2.45, 2.75) is 38.3 Å². The lowest BCUT2D eigenvalue weighted by Crippen LogP contribution is -2.36. The van der Waals surface area contributed by atoms with Crippen molar-refractivity contribution in [3.05, 3.63) is 64.7 Å². The molecule has 0 aliphatic heterocycles. The number of aliphatic imine (C=N–C) groups is 1. The van der Waals surface area contributed by atoms with Crippen molar-refractivity contribution in [3.8, 4) is 0 Å². The molecule has 0 bridgehead atoms. The molecule has 0 heterocycles. The maximum atomic E-state index is 11.7. The number of sulfone groups is 1. The standard InChI is InChI=1S/C20H27N3O2S.HI/c1-5-17-8-6-7-9-18(17)14-23-20(21-3)22-13-16-10-11-19(15(2)12-16)26(4,24)25;/h6-12H,5,13-14H2,1-4H3,(H2,21,22,23);1H. The van der Waals surface area contributed by atoms with Crippen LogP contribution in [0.2, 0.25) is 0 Å². The smallest absolute Gasteiger partial charge is 0.191 e. The zero-order valence-electron chi connectivity index (χ0n) is 16.2. The summed E-state index contributed by atoms with van der Waals surface area (Å²) in [6, 6.07) is 13.7. The van der Waals surface area contributed by atoms with Crippen LogP contribution < -0.4 is 10.6 Å². The molecule has 0 fully saturated rings. The van der Waals surface area contributed by atoms with Gasteiger partial charge in [0.05, 0.1) is 4.90 Å². The number of nitrogens with zero attached hydrogens (tertiary/aromatic N) is 1. The Bertz CT molecular complexity index is 896. The summed E-state index contributed by atoms with van der Waals surface area (Å²) in [4.78, 5) is 4.63. The van der Waals surface area contributed by atoms with Crippen LogP contribution in [0.3, 0.4) is 0 Å². The second-order valence-electron chi connectivity index (χ2n) is 6.27. The molecule has 0 amide bonds. The first-order valence-electron chi connectivity index (χ1n) is 8.66. The van der Waals surface area contributed by atoms with Crippen LogP contribution in [0.5, 0.6) is 0 Å². The summed E-state index contributed by atoms with van der Waals surface area (Å²) < 4.78 is 23.4. The molecule has 2 aromatic rings. The van der Waals surface area contributed by atoms with Crippen molar-refractivity contribution in [2.75, 3.05) is 13.3 Å². The van der Waals surface area contributed by atoms with Crippen LogP contribution in [0.4, 0.5) is 0 Å². The van der Waals surface area contributed by atoms with E-state index < -0.39 is 9.84 Å². The molecule has 148 valence electrons. The maximum Gasteiger partial charge on any atom is 0.191 e. The Morgan fingerprint density at radius 3 is 2.22 bits per heavy atom. The minimum absolute atomic E-state index is 0. The van der Waals surface area contributed by atoms with Gasteiger partial charge in [0.15, 0.2) is 15.8 Å². The first-order valence-corrected chi connectivity index (χ1v) is 10.5. The number of nitrogens with one attached hydrogen (secondary N) is 2. The number of aryl methyl sites for hydroxylation is 2. The number of benzene rings is 2. The van der Waals surface area contributed by atoms with Crippen LogP contribution >= 0.6 is 24.0 Å². The van der Waals surface area contributed by atoms with Gasteiger partial charge in [0, 0.05) is 26.4 Å². The van der Waals surface area contributed by atoms with Crippen molar-refractivity contribution in [3.63, 3.8) is 0 Å². The Kier molecular flexibility index (Phi) is 9.25. The van der Waals surface area contributed by atoms with Crippen molar-refractivity contribution in [2.24, 2.45) is 4.99 Å². The molecule has 5 nitrogen and oxygen atoms in total. The van der Waals surface area contributed by atoms with Crippen molar-refractivity contribution < 1.29 is 8.42 Å². The van der Waals surface area contributed by atoms with Crippen LogP contribution in [0.1, 0.15) is 29.2 Å². The molecule has 7 heteroatoms. The van der Waals surface area contributed by atoms with Gasteiger partial charge < -0.3 is 10.6 Å². The third-order valence-electron chi connectivity index (χ3n) is 4.27. The van der Waals surface area contributed by atoms with Gasteiger partial charge in [0.25, 0.3) is 0 Å². The fourth-order valence-electron chi connectivity index (χ4n) is 2.90. The van der Waals surface area contributed by atoms with E-state index in [4.69, 9.17) is 0 Å². The second-order valence-corrected chi connectivity index (χ2v) is 8.26. The van der Waals surface area contributed by atoms with E-state index in [-0.39, 0.29) is 24.0 Å². The Labute approximate surface area is 179 Å². The number of guanidine groups is 1. The van der Waals surface area contributed by atoms with Gasteiger partial charge >= 0.3 is 0 Å². The molecule has 0 aliphatic rings. The fourth-order valence-corrected chi connectivity index (χ4v) is 3.86. The Balaban J connectivity index is 0.00000364. The van der Waals surface area contributed by atoms with E-state index in [1.165, 1.54) is 17.4 Å². The average Bonchev–Trinajstić information content (AvgIpc) is 2.61. The number of rotatable bonds is 6. The van der Waals surface area contributed by atoms with Crippen LogP contribution in [-0.4, -0.2) is 27.7 Å². The summed E-state index contributed by atoms with van der Waals surface area (Å²) >= 11 is 0. The number of halogens is 1. The summed E-state index contributed by atoms with van der Waals surface area (Å²) in [5.41, 5.74) is 4.34. The number of hydrogen-bond acceptors (Lipinski definition) is 3. The third-order valence-corrected chi connectivity index (χ3v) is 5.52. The monoisotopic (exact) mass is 501 g/mol. The van der Waals surface area contributed by atoms with Crippen LogP contribution in [0, 0.1) is 6.92 Å². The molecule has 0 radical (unpaired) electrons. The fraction of sp³-hybridized carbons (Fsp3) is 0.350. The molecule has 0 saturated carbocycles. The summed E-state index contributed by atoms with van der Waals surface area (Å²) in [5.74, 6) is 0.709. The van der Waals surface area contributed by atoms with E-state index in [0.717, 1.165) is 17.5 Å². The van der Waals surface area contributed by atoms with E-state index in [0.29, 0.717) is 23.9 Å². The lowest BCUT2D eigenvalue weighted by atomic mass is 10.1. The molecular weight excluding hydrogens is 473 g/mol. The molecule has 0 unspecified atom stereocenters. The molecule has 27 heavy (non-hydrogen) atoms. The lowest BCUT2D eigenvalue weighted by Gasteiger charge is -2.14. The van der Waals surface area contributed by atoms with Gasteiger partial charge in [-0.25, -0.2) is 8.42 Å². The zero-order valence-corrected chi connectivity index (χ0v) is 19.4. The zero-order chi connectivity index (χ0) is 19.2. The summed E-state index contributed by atoms with van der Waals surface area (Å²) in [6.45, 7) is 5.23. The minimum Gasteiger partial charge on any atom is -0.352 e. The highest BCUT2D eigenvalue weighted by molar-refractivity contribution is 14.0. The molecule has 2 rings (SSSR count). The predicted octanol–water partition coefficient (Wildman–Crippen LogP) is 3.44. The lowest BCUT2D eigenvalue weighted by molar-refractivity contribution is 0.601. The summed E-state index contributed by atoms with van der Waals surface area (Å²) in [6.07, 6.45) is 2.23. The van der Waals surface area contributed by atoms with Crippen molar-refractivity contribution >= 4 is 39.8 Å². The first kappa shape index (κ1) is 23.4. The van der Waals surface area contributed by atoms with E-state index >= 15 is 0 Å². The van der Waals surface area contributed by atoms with E-state index in [2.05, 4.69) is 40.7 Å². The largest absolute Gasteiger partial charge is 0.352 e. The average molecular weight is 501 g/mol. The third kappa shape index (κ3) is 6.80. The second kappa shape index (κ2) is 10.7. The molecule has 0 atom stereocenters. The highest BCUT2D eigenvalue weighted by Gasteiger charge is 2.11. The van der Waals surface area contributed by atoms with Gasteiger partial charge in [-0.2, -0.15) is 0 Å². The minimum atomic E-state index is -3.19. The molecule has 0 saturated heterocycles. The summed E-state index contributed by atoms with van der Waals surface area (Å²) in [5, 5.41) is 6.59. The van der Waals surface area contributed by atoms with Crippen LogP contribution in [0.25, 0.3) is 0 Å². The quantitative estimate of drug-likeness (QED) is 0.362. The van der Waals surface area contributed by atoms with Crippen molar-refractivity contribution in [1.82, 2.24) is 10.6 Å². The van der Waals surface area contributed by atoms with Gasteiger partial charge in [0.1, 0.15) is 0 Å². The van der Waals surface area contributed by atoms with Crippen LogP contribution in [0.15, 0.2) is 52.4 Å². The van der Waals surface area contributed by atoms with E-state index in [1.54, 1.807) is 13.1 Å². The van der Waals surface area contributed by atoms with Crippen LogP contribution in [-0.2, 0) is 29.3 Å². The molecule has 2 aromatic carbocycles. The topological polar surface area (TPSA) is 70.6 Å². The highest BCUT2D eigenvalue weighted by Crippen LogP contribution is 2.16. The van der Waals surface area contributed by atoms with Gasteiger partial charge in [-0.3, -0.25) is 4.99 Å². The number of hydrogen-bond donors (Lipinski definition) is 2. The molecule has 0 aromatic heterocycles. The molecule has 2 N–H and O–H groups in total. The maximum absolute atomic E-state index is 11.7. The van der Waals surface area contributed by atoms with Gasteiger partial charge in [-0.15, -0.1) is 24.0 Å². The normalized spacial score (nSPS) is 11.6. The van der Waals surface area contributed by atoms with Gasteiger partial charge in [-0.1, -0.05) is 43.3 Å². The highest BCUT2D eigenvalue weighted by atomic mass is 127. The Morgan fingerprint density at radius 1 is 1.04 bits per heavy atom. The van der Waals surface area contributed by atoms with Crippen molar-refractivity contribution in [1.29, 1.82) is 0 Å². The Hall–Kier alpha value is -1.61. The van der Waals surface area contributed by atoms with E-state index in [1.807, 2.05) is 25.1 Å². The SMILES string of the molecule is CCc1ccccc1CNC(=NC)NCc1ccc(S(C)(=O)=O)c(C)c1.I. The molecular formula is C20H28IN3O2S. The first-order chi connectivity index (χ1) is 12.3.